The fourth-order valence-corrected chi connectivity index (χ4v) is 5.10. The van der Waals surface area contributed by atoms with Crippen LogP contribution < -0.4 is 20.1 Å². The zero-order chi connectivity index (χ0) is 24.9. The zero-order valence-electron chi connectivity index (χ0n) is 20.6. The summed E-state index contributed by atoms with van der Waals surface area (Å²) in [6.45, 7) is 5.74. The van der Waals surface area contributed by atoms with E-state index >= 15 is 0 Å². The summed E-state index contributed by atoms with van der Waals surface area (Å²) < 4.78 is 24.7. The molecule has 0 aromatic heterocycles. The van der Waals surface area contributed by atoms with Crippen LogP contribution in [0.1, 0.15) is 35.2 Å². The number of nitrogens with one attached hydrogen (secondary N) is 2. The smallest absolute Gasteiger partial charge is 0.171 e. The first-order chi connectivity index (χ1) is 16.9. The molecule has 1 heterocycles. The Bertz CT molecular complexity index is 1190. The van der Waals surface area contributed by atoms with Crippen LogP contribution >= 0.6 is 12.2 Å². The van der Waals surface area contributed by atoms with E-state index in [-0.39, 0.29) is 17.9 Å². The van der Waals surface area contributed by atoms with Gasteiger partial charge in [0.2, 0.25) is 0 Å². The molecular formula is C28H32FN3O2S. The lowest BCUT2D eigenvalue weighted by molar-refractivity contribution is 0.149. The van der Waals surface area contributed by atoms with Crippen molar-refractivity contribution in [1.29, 1.82) is 0 Å². The molecule has 0 fully saturated rings. The van der Waals surface area contributed by atoms with Crippen molar-refractivity contribution < 1.29 is 13.9 Å². The van der Waals surface area contributed by atoms with Crippen LogP contribution in [-0.2, 0) is 13.0 Å². The minimum absolute atomic E-state index is 0.0147. The van der Waals surface area contributed by atoms with Crippen molar-refractivity contribution in [3.8, 4) is 11.5 Å². The number of rotatable bonds is 7. The maximum absolute atomic E-state index is 13.5. The number of anilines is 1. The van der Waals surface area contributed by atoms with Crippen LogP contribution in [0.15, 0.2) is 60.7 Å². The Morgan fingerprint density at radius 2 is 1.80 bits per heavy atom. The molecule has 5 nitrogen and oxygen atoms in total. The van der Waals surface area contributed by atoms with Crippen LogP contribution in [0, 0.1) is 12.7 Å². The Morgan fingerprint density at radius 1 is 1.09 bits per heavy atom. The van der Waals surface area contributed by atoms with Gasteiger partial charge in [-0.3, -0.25) is 4.90 Å². The third-order valence-electron chi connectivity index (χ3n) is 6.43. The number of thiocarbonyl (C=S) groups is 1. The summed E-state index contributed by atoms with van der Waals surface area (Å²) in [6, 6.07) is 19.0. The molecule has 0 saturated carbocycles. The van der Waals surface area contributed by atoms with Gasteiger partial charge in [-0.2, -0.15) is 0 Å². The Morgan fingerprint density at radius 3 is 2.49 bits per heavy atom. The molecule has 2 N–H and O–H groups in total. The summed E-state index contributed by atoms with van der Waals surface area (Å²) in [4.78, 5) is 2.41. The van der Waals surface area contributed by atoms with E-state index in [2.05, 4.69) is 53.6 Å². The fraction of sp³-hybridized carbons (Fsp3) is 0.321. The molecule has 35 heavy (non-hydrogen) atoms. The van der Waals surface area contributed by atoms with Crippen molar-refractivity contribution in [2.45, 2.75) is 38.9 Å². The number of fused-ring (bicyclic) bond motifs is 1. The maximum atomic E-state index is 13.5. The highest BCUT2D eigenvalue weighted by molar-refractivity contribution is 7.80. The number of methoxy groups -OCH3 is 2. The van der Waals surface area contributed by atoms with E-state index in [9.17, 15) is 4.39 Å². The van der Waals surface area contributed by atoms with Gasteiger partial charge in [0.15, 0.2) is 16.6 Å². The fourth-order valence-electron chi connectivity index (χ4n) is 4.79. The first-order valence-electron chi connectivity index (χ1n) is 11.8. The second kappa shape index (κ2) is 11.1. The third-order valence-corrected chi connectivity index (χ3v) is 6.65. The van der Waals surface area contributed by atoms with Crippen molar-refractivity contribution in [3.63, 3.8) is 0 Å². The summed E-state index contributed by atoms with van der Waals surface area (Å²) in [5, 5.41) is 7.37. The second-order valence-corrected chi connectivity index (χ2v) is 9.36. The average molecular weight is 494 g/mol. The molecule has 1 aliphatic rings. The summed E-state index contributed by atoms with van der Waals surface area (Å²) in [7, 11) is 3.31. The normalized spacial score (nSPS) is 16.2. The first kappa shape index (κ1) is 24.9. The molecule has 4 rings (SSSR count). The molecule has 184 valence electrons. The zero-order valence-corrected chi connectivity index (χ0v) is 21.4. The lowest BCUT2D eigenvalue weighted by Crippen LogP contribution is -2.48. The van der Waals surface area contributed by atoms with E-state index in [1.165, 1.54) is 28.8 Å². The number of ether oxygens (including phenoxy) is 2. The van der Waals surface area contributed by atoms with Crippen molar-refractivity contribution in [1.82, 2.24) is 10.2 Å². The number of benzene rings is 3. The van der Waals surface area contributed by atoms with Gasteiger partial charge in [-0.1, -0.05) is 24.3 Å². The van der Waals surface area contributed by atoms with Gasteiger partial charge in [-0.15, -0.1) is 0 Å². The minimum Gasteiger partial charge on any atom is -0.493 e. The van der Waals surface area contributed by atoms with Crippen molar-refractivity contribution in [2.75, 3.05) is 26.1 Å². The van der Waals surface area contributed by atoms with Gasteiger partial charge < -0.3 is 20.1 Å². The number of hydrogen-bond acceptors (Lipinski definition) is 4. The molecule has 7 heteroatoms. The Kier molecular flexibility index (Phi) is 7.88. The van der Waals surface area contributed by atoms with Crippen LogP contribution in [0.4, 0.5) is 10.1 Å². The molecule has 0 radical (unpaired) electrons. The topological polar surface area (TPSA) is 45.8 Å². The third kappa shape index (κ3) is 5.92. The van der Waals surface area contributed by atoms with E-state index in [0.29, 0.717) is 17.4 Å². The molecule has 0 aliphatic carbocycles. The molecular weight excluding hydrogens is 461 g/mol. The van der Waals surface area contributed by atoms with Crippen LogP contribution in [0.3, 0.4) is 0 Å². The molecule has 0 spiro atoms. The SMILES string of the molecule is COc1cc2c(cc1OC)[C@H]([C@H](C)NC(=S)Nc1cccc(C)c1)N(Cc1ccc(F)cc1)CC2. The minimum atomic E-state index is -0.228. The van der Waals surface area contributed by atoms with Gasteiger partial charge in [-0.05, 0) is 91.1 Å². The van der Waals surface area contributed by atoms with E-state index in [0.717, 1.165) is 30.0 Å². The lowest BCUT2D eigenvalue weighted by atomic mass is 9.87. The summed E-state index contributed by atoms with van der Waals surface area (Å²) >= 11 is 5.67. The molecule has 0 unspecified atom stereocenters. The lowest BCUT2D eigenvalue weighted by Gasteiger charge is -2.41. The molecule has 3 aromatic rings. The number of aryl methyl sites for hydroxylation is 1. The highest BCUT2D eigenvalue weighted by atomic mass is 32.1. The largest absolute Gasteiger partial charge is 0.493 e. The van der Waals surface area contributed by atoms with Crippen LogP contribution in [-0.4, -0.2) is 36.8 Å². The number of halogens is 1. The number of hydrogen-bond donors (Lipinski definition) is 2. The molecule has 2 atom stereocenters. The van der Waals surface area contributed by atoms with Gasteiger partial charge >= 0.3 is 0 Å². The predicted octanol–water partition coefficient (Wildman–Crippen LogP) is 5.63. The van der Waals surface area contributed by atoms with Crippen LogP contribution in [0.25, 0.3) is 0 Å². The summed E-state index contributed by atoms with van der Waals surface area (Å²) in [5.41, 5.74) is 5.59. The number of nitrogens with zero attached hydrogens (tertiary/aromatic N) is 1. The molecule has 3 aromatic carbocycles. The maximum Gasteiger partial charge on any atom is 0.171 e. The monoisotopic (exact) mass is 493 g/mol. The average Bonchev–Trinajstić information content (AvgIpc) is 2.84. The Labute approximate surface area is 212 Å². The summed E-state index contributed by atoms with van der Waals surface area (Å²) in [6.07, 6.45) is 0.881. The molecule has 1 aliphatic heterocycles. The molecule has 0 amide bonds. The van der Waals surface area contributed by atoms with Gasteiger partial charge in [0.05, 0.1) is 20.3 Å². The van der Waals surface area contributed by atoms with Gasteiger partial charge in [-0.25, -0.2) is 4.39 Å². The standard InChI is InChI=1S/C28H32FN3O2S/c1-18-6-5-7-23(14-18)31-28(35)30-19(2)27-24-16-26(34-4)25(33-3)15-21(24)12-13-32(27)17-20-8-10-22(29)11-9-20/h5-11,14-16,19,27H,12-13,17H2,1-4H3,(H2,30,31,35)/t19-,27-/m0/s1. The van der Waals surface area contributed by atoms with E-state index in [4.69, 9.17) is 21.7 Å². The molecule has 0 saturated heterocycles. The Hall–Kier alpha value is -3.16. The van der Waals surface area contributed by atoms with Gasteiger partial charge in [0.1, 0.15) is 5.82 Å². The predicted molar refractivity (Wildman–Crippen MR) is 143 cm³/mol. The Balaban J connectivity index is 1.62. The van der Waals surface area contributed by atoms with Crippen molar-refractivity contribution in [2.24, 2.45) is 0 Å². The van der Waals surface area contributed by atoms with Crippen molar-refractivity contribution in [3.05, 3.63) is 88.7 Å². The summed E-state index contributed by atoms with van der Waals surface area (Å²) in [5.74, 6) is 1.20. The second-order valence-electron chi connectivity index (χ2n) is 8.95. The van der Waals surface area contributed by atoms with E-state index in [1.54, 1.807) is 14.2 Å². The van der Waals surface area contributed by atoms with Crippen molar-refractivity contribution >= 4 is 23.0 Å². The molecule has 0 bridgehead atoms. The van der Waals surface area contributed by atoms with Gasteiger partial charge in [0.25, 0.3) is 0 Å². The van der Waals surface area contributed by atoms with Gasteiger partial charge in [0, 0.05) is 24.8 Å². The highest BCUT2D eigenvalue weighted by Crippen LogP contribution is 2.40. The van der Waals surface area contributed by atoms with E-state index < -0.39 is 0 Å². The van der Waals surface area contributed by atoms with E-state index in [1.807, 2.05) is 24.3 Å². The van der Waals surface area contributed by atoms with Crippen LogP contribution in [0.2, 0.25) is 0 Å². The first-order valence-corrected chi connectivity index (χ1v) is 12.2. The van der Waals surface area contributed by atoms with Crippen LogP contribution in [0.5, 0.6) is 11.5 Å². The quantitative estimate of drug-likeness (QED) is 0.416. The highest BCUT2D eigenvalue weighted by Gasteiger charge is 2.33.